The Balaban J connectivity index is 1.61. The first-order chi connectivity index (χ1) is 11.7. The number of carbonyl (C=O) groups is 1. The van der Waals surface area contributed by atoms with E-state index in [0.717, 1.165) is 38.4 Å². The van der Waals surface area contributed by atoms with Crippen LogP contribution in [0.15, 0.2) is 6.33 Å². The zero-order valence-electron chi connectivity index (χ0n) is 14.6. The van der Waals surface area contributed by atoms with E-state index < -0.39 is 0 Å². The molecule has 0 bridgehead atoms. The predicted octanol–water partition coefficient (Wildman–Crippen LogP) is 0.935. The maximum atomic E-state index is 12.2. The summed E-state index contributed by atoms with van der Waals surface area (Å²) in [5.74, 6) is 0.740. The maximum Gasteiger partial charge on any atom is 0.248 e. The molecule has 1 aromatic rings. The largest absolute Gasteiger partial charge is 0.381 e. The van der Waals surface area contributed by atoms with Crippen LogP contribution in [0.3, 0.4) is 0 Å². The molecule has 0 saturated carbocycles. The van der Waals surface area contributed by atoms with Crippen molar-refractivity contribution in [3.63, 3.8) is 0 Å². The molecular weight excluding hydrogens is 310 g/mol. The van der Waals surface area contributed by atoms with E-state index in [1.807, 2.05) is 18.3 Å². The summed E-state index contributed by atoms with van der Waals surface area (Å²) in [6, 6.07) is 0. The van der Waals surface area contributed by atoms with E-state index in [-0.39, 0.29) is 18.4 Å². The highest BCUT2D eigenvalue weighted by atomic mass is 16.5. The SMILES string of the molecule is COCC(=O)N1Cc2ncn(C)c2[C@@H](COCC2CCOCC2)C1. The lowest BCUT2D eigenvalue weighted by atomic mass is 9.98. The number of aromatic nitrogens is 2. The number of ether oxygens (including phenoxy) is 3. The number of nitrogens with zero attached hydrogens (tertiary/aromatic N) is 3. The van der Waals surface area contributed by atoms with Crippen LogP contribution >= 0.6 is 0 Å². The number of aryl methyl sites for hydroxylation is 1. The van der Waals surface area contributed by atoms with E-state index >= 15 is 0 Å². The molecule has 1 fully saturated rings. The molecule has 0 aromatic carbocycles. The second-order valence-electron chi connectivity index (χ2n) is 6.68. The minimum atomic E-state index is 0.00299. The van der Waals surface area contributed by atoms with Gasteiger partial charge in [-0.25, -0.2) is 4.98 Å². The molecule has 134 valence electrons. The number of carbonyl (C=O) groups excluding carboxylic acids is 1. The summed E-state index contributed by atoms with van der Waals surface area (Å²) in [5.41, 5.74) is 2.15. The van der Waals surface area contributed by atoms with Gasteiger partial charge < -0.3 is 23.7 Å². The molecule has 2 aliphatic heterocycles. The quantitative estimate of drug-likeness (QED) is 0.773. The molecular formula is C17H27N3O4. The van der Waals surface area contributed by atoms with E-state index in [1.54, 1.807) is 7.11 Å². The van der Waals surface area contributed by atoms with Gasteiger partial charge in [0.25, 0.3) is 0 Å². The number of imidazole rings is 1. The van der Waals surface area contributed by atoms with Gasteiger partial charge in [0, 0.05) is 52.1 Å². The maximum absolute atomic E-state index is 12.2. The summed E-state index contributed by atoms with van der Waals surface area (Å²) in [4.78, 5) is 18.5. The van der Waals surface area contributed by atoms with Crippen molar-refractivity contribution >= 4 is 5.91 Å². The minimum absolute atomic E-state index is 0.00299. The lowest BCUT2D eigenvalue weighted by molar-refractivity contribution is -0.136. The summed E-state index contributed by atoms with van der Waals surface area (Å²) < 4.78 is 18.4. The Morgan fingerprint density at radius 1 is 1.38 bits per heavy atom. The first-order valence-electron chi connectivity index (χ1n) is 8.61. The van der Waals surface area contributed by atoms with Crippen LogP contribution in [0.2, 0.25) is 0 Å². The first kappa shape index (κ1) is 17.4. The molecule has 3 heterocycles. The van der Waals surface area contributed by atoms with Gasteiger partial charge in [0.05, 0.1) is 25.2 Å². The monoisotopic (exact) mass is 337 g/mol. The van der Waals surface area contributed by atoms with E-state index in [1.165, 1.54) is 5.69 Å². The van der Waals surface area contributed by atoms with Crippen LogP contribution < -0.4 is 0 Å². The van der Waals surface area contributed by atoms with Gasteiger partial charge in [-0.05, 0) is 18.8 Å². The van der Waals surface area contributed by atoms with Crippen LogP contribution in [0.1, 0.15) is 30.1 Å². The highest BCUT2D eigenvalue weighted by molar-refractivity contribution is 5.77. The summed E-state index contributed by atoms with van der Waals surface area (Å²) in [6.45, 7) is 4.36. The highest BCUT2D eigenvalue weighted by Gasteiger charge is 2.31. The fraction of sp³-hybridized carbons (Fsp3) is 0.765. The van der Waals surface area contributed by atoms with Crippen LogP contribution in [0.5, 0.6) is 0 Å². The fourth-order valence-corrected chi connectivity index (χ4v) is 3.56. The molecule has 7 nitrogen and oxygen atoms in total. The number of fused-ring (bicyclic) bond motifs is 1. The average molecular weight is 337 g/mol. The van der Waals surface area contributed by atoms with Crippen molar-refractivity contribution in [1.29, 1.82) is 0 Å². The Kier molecular flexibility index (Phi) is 5.86. The Bertz CT molecular complexity index is 554. The number of hydrogen-bond donors (Lipinski definition) is 0. The van der Waals surface area contributed by atoms with Crippen LogP contribution in [-0.4, -0.2) is 67.0 Å². The van der Waals surface area contributed by atoms with Crippen LogP contribution in [0.4, 0.5) is 0 Å². The number of methoxy groups -OCH3 is 1. The van der Waals surface area contributed by atoms with Gasteiger partial charge in [0.15, 0.2) is 0 Å². The summed E-state index contributed by atoms with van der Waals surface area (Å²) in [7, 11) is 3.55. The predicted molar refractivity (Wildman–Crippen MR) is 87.6 cm³/mol. The third kappa shape index (κ3) is 3.96. The minimum Gasteiger partial charge on any atom is -0.381 e. The standard InChI is InChI=1S/C17H27N3O4/c1-19-12-18-15-8-20(16(21)11-22-2)7-14(17(15)19)10-24-9-13-3-5-23-6-4-13/h12-14H,3-11H2,1-2H3/t14-/m1/s1. The fourth-order valence-electron chi connectivity index (χ4n) is 3.56. The van der Waals surface area contributed by atoms with Crippen LogP contribution in [0.25, 0.3) is 0 Å². The molecule has 1 saturated heterocycles. The topological polar surface area (TPSA) is 65.8 Å². The third-order valence-corrected chi connectivity index (χ3v) is 4.86. The van der Waals surface area contributed by atoms with Crippen LogP contribution in [0, 0.1) is 5.92 Å². The molecule has 3 rings (SSSR count). The molecule has 0 radical (unpaired) electrons. The molecule has 0 spiro atoms. The Labute approximate surface area is 142 Å². The molecule has 0 unspecified atom stereocenters. The van der Waals surface area contributed by atoms with Gasteiger partial charge in [0.1, 0.15) is 6.61 Å². The third-order valence-electron chi connectivity index (χ3n) is 4.86. The zero-order valence-corrected chi connectivity index (χ0v) is 14.6. The van der Waals surface area contributed by atoms with Crippen molar-refractivity contribution in [2.45, 2.75) is 25.3 Å². The smallest absolute Gasteiger partial charge is 0.248 e. The van der Waals surface area contributed by atoms with Crippen molar-refractivity contribution in [1.82, 2.24) is 14.5 Å². The van der Waals surface area contributed by atoms with E-state index in [9.17, 15) is 4.79 Å². The molecule has 0 aliphatic carbocycles. The highest BCUT2D eigenvalue weighted by Crippen LogP contribution is 2.28. The number of amides is 1. The van der Waals surface area contributed by atoms with Crippen LogP contribution in [-0.2, 0) is 32.6 Å². The molecule has 1 amide bonds. The molecule has 7 heteroatoms. The number of rotatable bonds is 6. The molecule has 1 atom stereocenters. The van der Waals surface area contributed by atoms with Gasteiger partial charge in [0.2, 0.25) is 5.91 Å². The lowest BCUT2D eigenvalue weighted by Crippen LogP contribution is -2.41. The van der Waals surface area contributed by atoms with E-state index in [0.29, 0.717) is 25.6 Å². The molecule has 24 heavy (non-hydrogen) atoms. The zero-order chi connectivity index (χ0) is 16.9. The second-order valence-corrected chi connectivity index (χ2v) is 6.68. The lowest BCUT2D eigenvalue weighted by Gasteiger charge is -2.33. The van der Waals surface area contributed by atoms with E-state index in [4.69, 9.17) is 14.2 Å². The summed E-state index contributed by atoms with van der Waals surface area (Å²) in [5, 5.41) is 0. The Morgan fingerprint density at radius 3 is 2.92 bits per heavy atom. The normalized spacial score (nSPS) is 21.8. The van der Waals surface area contributed by atoms with Gasteiger partial charge in [-0.3, -0.25) is 4.79 Å². The summed E-state index contributed by atoms with van der Waals surface area (Å²) in [6.07, 6.45) is 3.96. The van der Waals surface area contributed by atoms with Crippen molar-refractivity contribution in [3.05, 3.63) is 17.7 Å². The summed E-state index contributed by atoms with van der Waals surface area (Å²) >= 11 is 0. The Hall–Kier alpha value is -1.44. The first-order valence-corrected chi connectivity index (χ1v) is 8.61. The van der Waals surface area contributed by atoms with Gasteiger partial charge in [-0.1, -0.05) is 0 Å². The van der Waals surface area contributed by atoms with Crippen molar-refractivity contribution in [3.8, 4) is 0 Å². The Morgan fingerprint density at radius 2 is 2.17 bits per heavy atom. The number of hydrogen-bond acceptors (Lipinski definition) is 5. The van der Waals surface area contributed by atoms with Crippen molar-refractivity contribution in [2.24, 2.45) is 13.0 Å². The molecule has 1 aromatic heterocycles. The molecule has 2 aliphatic rings. The van der Waals surface area contributed by atoms with Gasteiger partial charge in [-0.15, -0.1) is 0 Å². The van der Waals surface area contributed by atoms with Crippen molar-refractivity contribution < 1.29 is 19.0 Å². The van der Waals surface area contributed by atoms with Gasteiger partial charge >= 0.3 is 0 Å². The van der Waals surface area contributed by atoms with Gasteiger partial charge in [-0.2, -0.15) is 0 Å². The molecule has 0 N–H and O–H groups in total. The van der Waals surface area contributed by atoms with Crippen molar-refractivity contribution in [2.75, 3.05) is 46.7 Å². The van der Waals surface area contributed by atoms with E-state index in [2.05, 4.69) is 9.55 Å². The average Bonchev–Trinajstić information content (AvgIpc) is 2.97. The second kappa shape index (κ2) is 8.09.